The Labute approximate surface area is 298 Å². The number of thiophene rings is 1. The molecule has 1 amide bonds. The molecule has 2 atom stereocenters. The Morgan fingerprint density at radius 1 is 0.700 bits per heavy atom. The number of rotatable bonds is 11. The van der Waals surface area contributed by atoms with Gasteiger partial charge in [-0.25, -0.2) is 9.97 Å². The number of aromatic nitrogens is 2. The van der Waals surface area contributed by atoms with Crippen molar-refractivity contribution in [2.75, 3.05) is 0 Å². The Bertz CT molecular complexity index is 1950. The molecule has 50 heavy (non-hydrogen) atoms. The van der Waals surface area contributed by atoms with Crippen molar-refractivity contribution in [1.82, 2.24) is 15.3 Å². The standard InChI is InChI=1S/C42H45N3O4S/c1-26(40(48)49)45-39(47)32(23-35(46)36-20-21-37(50-36)42(5,6)7)22-27-8-10-31(11-9-27)38-43-24-33(25-44-38)30-14-12-28(13-15-30)29-16-18-34(19-17-29)41(2,3)4/h8-21,24-26,32H,22-23H2,1-7H3,(H,45,47)(H,48,49)/t26-,32-/m1/s1. The van der Waals surface area contributed by atoms with Crippen LogP contribution in [0.3, 0.4) is 0 Å². The molecule has 5 aromatic rings. The van der Waals surface area contributed by atoms with E-state index in [1.54, 1.807) is 0 Å². The Morgan fingerprint density at radius 3 is 1.72 bits per heavy atom. The number of hydrogen-bond donors (Lipinski definition) is 2. The van der Waals surface area contributed by atoms with E-state index in [1.165, 1.54) is 29.4 Å². The second kappa shape index (κ2) is 14.9. The molecule has 0 bridgehead atoms. The third kappa shape index (κ3) is 8.98. The number of Topliss-reactive ketones (excluding diaryl/α,β-unsaturated/α-hetero) is 1. The van der Waals surface area contributed by atoms with Crippen LogP contribution in [0.5, 0.6) is 0 Å². The molecule has 0 saturated heterocycles. The molecule has 0 spiro atoms. The summed E-state index contributed by atoms with van der Waals surface area (Å²) in [6.07, 6.45) is 3.88. The average molecular weight is 688 g/mol. The van der Waals surface area contributed by atoms with Gasteiger partial charge in [0.15, 0.2) is 11.6 Å². The molecule has 2 N–H and O–H groups in total. The van der Waals surface area contributed by atoms with Gasteiger partial charge in [0.25, 0.3) is 0 Å². The molecule has 2 heterocycles. The van der Waals surface area contributed by atoms with Crippen LogP contribution in [0, 0.1) is 5.92 Å². The highest BCUT2D eigenvalue weighted by atomic mass is 32.1. The minimum atomic E-state index is -1.13. The Kier molecular flexibility index (Phi) is 10.8. The summed E-state index contributed by atoms with van der Waals surface area (Å²) in [7, 11) is 0. The largest absolute Gasteiger partial charge is 0.480 e. The number of carboxylic acid groups (broad SMARTS) is 1. The van der Waals surface area contributed by atoms with Crippen molar-refractivity contribution in [1.29, 1.82) is 0 Å². The van der Waals surface area contributed by atoms with Crippen LogP contribution in [0.25, 0.3) is 33.6 Å². The molecule has 0 fully saturated rings. The number of ketones is 1. The highest BCUT2D eigenvalue weighted by Gasteiger charge is 2.27. The summed E-state index contributed by atoms with van der Waals surface area (Å²) in [5.41, 5.74) is 7.25. The summed E-state index contributed by atoms with van der Waals surface area (Å²) in [5, 5.41) is 11.9. The van der Waals surface area contributed by atoms with Crippen molar-refractivity contribution < 1.29 is 19.5 Å². The molecular formula is C42H45N3O4S. The summed E-state index contributed by atoms with van der Waals surface area (Å²) >= 11 is 1.44. The minimum Gasteiger partial charge on any atom is -0.480 e. The van der Waals surface area contributed by atoms with Gasteiger partial charge in [-0.3, -0.25) is 14.4 Å². The van der Waals surface area contributed by atoms with Crippen LogP contribution < -0.4 is 5.32 Å². The van der Waals surface area contributed by atoms with Crippen molar-refractivity contribution in [3.63, 3.8) is 0 Å². The molecule has 2 aromatic heterocycles. The average Bonchev–Trinajstić information content (AvgIpc) is 3.60. The lowest BCUT2D eigenvalue weighted by molar-refractivity contribution is -0.141. The van der Waals surface area contributed by atoms with Crippen LogP contribution in [0.1, 0.15) is 80.6 Å². The van der Waals surface area contributed by atoms with Gasteiger partial charge in [-0.1, -0.05) is 114 Å². The van der Waals surface area contributed by atoms with E-state index in [-0.39, 0.29) is 29.5 Å². The monoisotopic (exact) mass is 687 g/mol. The fraction of sp³-hybridized carbons (Fsp3) is 0.310. The van der Waals surface area contributed by atoms with E-state index in [1.807, 2.05) is 48.8 Å². The number of aliphatic carboxylic acids is 1. The van der Waals surface area contributed by atoms with E-state index in [9.17, 15) is 19.5 Å². The number of carboxylic acids is 1. The molecule has 0 aliphatic heterocycles. The Balaban J connectivity index is 1.27. The number of carbonyl (C=O) groups is 3. The van der Waals surface area contributed by atoms with Crippen LogP contribution in [0.2, 0.25) is 0 Å². The van der Waals surface area contributed by atoms with Gasteiger partial charge in [-0.15, -0.1) is 11.3 Å². The molecule has 7 nitrogen and oxygen atoms in total. The first kappa shape index (κ1) is 36.3. The molecule has 5 rings (SSSR count). The predicted molar refractivity (Wildman–Crippen MR) is 201 cm³/mol. The maximum atomic E-state index is 13.3. The molecule has 8 heteroatoms. The Morgan fingerprint density at radius 2 is 1.22 bits per heavy atom. The first-order chi connectivity index (χ1) is 23.6. The zero-order valence-corrected chi connectivity index (χ0v) is 30.6. The summed E-state index contributed by atoms with van der Waals surface area (Å²) in [4.78, 5) is 48.9. The first-order valence-electron chi connectivity index (χ1n) is 16.9. The maximum absolute atomic E-state index is 13.3. The minimum absolute atomic E-state index is 0.0287. The smallest absolute Gasteiger partial charge is 0.325 e. The van der Waals surface area contributed by atoms with E-state index in [0.29, 0.717) is 10.7 Å². The normalized spacial score (nSPS) is 13.0. The quantitative estimate of drug-likeness (QED) is 0.134. The Hall–Kier alpha value is -4.95. The van der Waals surface area contributed by atoms with Gasteiger partial charge in [-0.2, -0.15) is 0 Å². The molecule has 0 aliphatic carbocycles. The van der Waals surface area contributed by atoms with Crippen molar-refractivity contribution in [3.05, 3.63) is 118 Å². The highest BCUT2D eigenvalue weighted by Crippen LogP contribution is 2.32. The number of benzene rings is 3. The van der Waals surface area contributed by atoms with E-state index in [4.69, 9.17) is 0 Å². The van der Waals surface area contributed by atoms with Gasteiger partial charge in [0, 0.05) is 40.7 Å². The van der Waals surface area contributed by atoms with E-state index < -0.39 is 23.8 Å². The molecule has 0 saturated carbocycles. The zero-order chi connectivity index (χ0) is 36.2. The lowest BCUT2D eigenvalue weighted by Crippen LogP contribution is -2.42. The summed E-state index contributed by atoms with van der Waals surface area (Å²) < 4.78 is 0. The van der Waals surface area contributed by atoms with Gasteiger partial charge in [0.1, 0.15) is 6.04 Å². The zero-order valence-electron chi connectivity index (χ0n) is 29.8. The molecule has 0 radical (unpaired) electrons. The number of carbonyl (C=O) groups excluding carboxylic acids is 2. The number of nitrogens with zero attached hydrogens (tertiary/aromatic N) is 2. The molecular weight excluding hydrogens is 643 g/mol. The third-order valence-corrected chi connectivity index (χ3v) is 10.4. The molecule has 0 unspecified atom stereocenters. The number of hydrogen-bond acceptors (Lipinski definition) is 6. The summed E-state index contributed by atoms with van der Waals surface area (Å²) in [6, 6.07) is 27.4. The number of amides is 1. The molecule has 3 aromatic carbocycles. The predicted octanol–water partition coefficient (Wildman–Crippen LogP) is 9.16. The first-order valence-corrected chi connectivity index (χ1v) is 17.7. The van der Waals surface area contributed by atoms with E-state index in [2.05, 4.69) is 105 Å². The van der Waals surface area contributed by atoms with Crippen LogP contribution in [-0.4, -0.2) is 38.8 Å². The van der Waals surface area contributed by atoms with Gasteiger partial charge in [0.05, 0.1) is 4.88 Å². The number of nitrogens with one attached hydrogen (secondary N) is 1. The lowest BCUT2D eigenvalue weighted by Gasteiger charge is -2.19. The van der Waals surface area contributed by atoms with Crippen LogP contribution in [0.15, 0.2) is 97.3 Å². The van der Waals surface area contributed by atoms with Crippen molar-refractivity contribution in [3.8, 4) is 33.6 Å². The fourth-order valence-corrected chi connectivity index (χ4v) is 6.60. The van der Waals surface area contributed by atoms with Crippen LogP contribution >= 0.6 is 11.3 Å². The van der Waals surface area contributed by atoms with Gasteiger partial charge in [-0.05, 0) is 64.1 Å². The van der Waals surface area contributed by atoms with Gasteiger partial charge >= 0.3 is 5.97 Å². The van der Waals surface area contributed by atoms with Crippen LogP contribution in [0.4, 0.5) is 0 Å². The maximum Gasteiger partial charge on any atom is 0.325 e. The topological polar surface area (TPSA) is 109 Å². The van der Waals surface area contributed by atoms with Crippen molar-refractivity contribution in [2.45, 2.75) is 78.2 Å². The van der Waals surface area contributed by atoms with Crippen molar-refractivity contribution >= 4 is 29.0 Å². The van der Waals surface area contributed by atoms with Gasteiger partial charge < -0.3 is 10.4 Å². The summed E-state index contributed by atoms with van der Waals surface area (Å²) in [5.74, 6) is -1.90. The lowest BCUT2D eigenvalue weighted by atomic mass is 9.86. The second-order valence-corrected chi connectivity index (χ2v) is 16.0. The molecule has 0 aliphatic rings. The second-order valence-electron chi connectivity index (χ2n) is 14.9. The SMILES string of the molecule is C[C@@H](NC(=O)[C@@H](CC(=O)c1ccc(C(C)(C)C)s1)Cc1ccc(-c2ncc(-c3ccc(-c4ccc(C(C)(C)C)cc4)cc3)cn2)cc1)C(=O)O. The van der Waals surface area contributed by atoms with Crippen LogP contribution in [-0.2, 0) is 26.8 Å². The van der Waals surface area contributed by atoms with Crippen molar-refractivity contribution in [2.24, 2.45) is 5.92 Å². The highest BCUT2D eigenvalue weighted by molar-refractivity contribution is 7.14. The van der Waals surface area contributed by atoms with E-state index >= 15 is 0 Å². The molecule has 258 valence electrons. The fourth-order valence-electron chi connectivity index (χ4n) is 5.58. The van der Waals surface area contributed by atoms with E-state index in [0.717, 1.165) is 32.7 Å². The van der Waals surface area contributed by atoms with Gasteiger partial charge in [0.2, 0.25) is 5.91 Å². The third-order valence-electron chi connectivity index (χ3n) is 8.80. The summed E-state index contributed by atoms with van der Waals surface area (Å²) in [6.45, 7) is 14.3.